The number of rotatable bonds is 16. The minimum absolute atomic E-state index is 0.106. The molecule has 3 amide bonds. The number of nitrogens with two attached hydrogens (primary N) is 1. The van der Waals surface area contributed by atoms with Crippen molar-refractivity contribution >= 4 is 47.4 Å². The van der Waals surface area contributed by atoms with E-state index in [9.17, 15) is 33.9 Å². The fourth-order valence-corrected chi connectivity index (χ4v) is 2.96. The fraction of sp³-hybridized carbons (Fsp3) is 0.667. The van der Waals surface area contributed by atoms with E-state index in [2.05, 4.69) is 10.6 Å². The van der Waals surface area contributed by atoms with Crippen molar-refractivity contribution < 1.29 is 49.2 Å². The van der Waals surface area contributed by atoms with Crippen molar-refractivity contribution in [2.75, 3.05) is 12.0 Å². The third-order valence-corrected chi connectivity index (χ3v) is 4.95. The highest BCUT2D eigenvalue weighted by atomic mass is 32.2. The van der Waals surface area contributed by atoms with Crippen molar-refractivity contribution in [3.8, 4) is 0 Å². The van der Waals surface area contributed by atoms with E-state index < -0.39 is 72.3 Å². The molecule has 0 radical (unpaired) electrons. The van der Waals surface area contributed by atoms with Crippen LogP contribution < -0.4 is 21.7 Å². The average Bonchev–Trinajstić information content (AvgIpc) is 2.71. The Bertz CT molecular complexity index is 733. The van der Waals surface area contributed by atoms with Gasteiger partial charge in [0.1, 0.15) is 18.1 Å². The van der Waals surface area contributed by atoms with Crippen LogP contribution in [-0.2, 0) is 28.8 Å². The number of aliphatic hydroxyl groups is 1. The number of hydrogen-bond donors (Lipinski definition) is 8. The van der Waals surface area contributed by atoms with Gasteiger partial charge in [0.2, 0.25) is 17.7 Å². The summed E-state index contributed by atoms with van der Waals surface area (Å²) in [6.07, 6.45) is -1.10. The van der Waals surface area contributed by atoms with Crippen molar-refractivity contribution in [2.24, 2.45) is 5.73 Å². The molecule has 9 N–H and O–H groups in total. The van der Waals surface area contributed by atoms with Gasteiger partial charge < -0.3 is 42.1 Å². The number of thioether (sulfide) groups is 1. The number of carbonyl (C=O) groups is 6. The molecule has 0 heterocycles. The lowest BCUT2D eigenvalue weighted by molar-refractivity contribution is -0.148. The van der Waals surface area contributed by atoms with Crippen molar-refractivity contribution in [2.45, 2.75) is 62.9 Å². The third kappa shape index (κ3) is 12.1. The molecule has 15 heteroatoms. The maximum absolute atomic E-state index is 12.7. The van der Waals surface area contributed by atoms with E-state index in [1.807, 2.05) is 5.32 Å². The lowest BCUT2D eigenvalue weighted by atomic mass is 10.1. The van der Waals surface area contributed by atoms with E-state index >= 15 is 0 Å². The summed E-state index contributed by atoms with van der Waals surface area (Å²) in [4.78, 5) is 70.0. The van der Waals surface area contributed by atoms with Crippen LogP contribution in [0.3, 0.4) is 0 Å². The molecule has 0 aromatic carbocycles. The largest absolute Gasteiger partial charge is 0.481 e. The Morgan fingerprint density at radius 3 is 1.88 bits per heavy atom. The minimum atomic E-state index is -1.80. The number of carboxylic acids is 3. The third-order valence-electron chi connectivity index (χ3n) is 4.31. The first-order valence-electron chi connectivity index (χ1n) is 9.80. The number of amides is 3. The first-order chi connectivity index (χ1) is 15.3. The van der Waals surface area contributed by atoms with Crippen LogP contribution in [0.5, 0.6) is 0 Å². The molecule has 0 aromatic rings. The Kier molecular flexibility index (Phi) is 13.7. The fourth-order valence-electron chi connectivity index (χ4n) is 2.49. The standard InChI is InChI=1S/C18H30N4O10S/c1-8(23)14(17(30)21-11(18(31)32)7-13(26)27)22-16(29)10(5-6-33-2)20-15(28)9(19)3-4-12(24)25/h8-11,14,23H,3-7,19H2,1-2H3,(H,20,28)(H,21,30)(H,22,29)(H,24,25)(H,26,27)(H,31,32). The van der Waals surface area contributed by atoms with E-state index in [-0.39, 0.29) is 19.3 Å². The van der Waals surface area contributed by atoms with Gasteiger partial charge in [-0.05, 0) is 31.8 Å². The Hall–Kier alpha value is -2.91. The summed E-state index contributed by atoms with van der Waals surface area (Å²) in [6.45, 7) is 1.15. The Morgan fingerprint density at radius 2 is 1.42 bits per heavy atom. The van der Waals surface area contributed by atoms with Gasteiger partial charge in [-0.15, -0.1) is 0 Å². The molecule has 14 nitrogen and oxygen atoms in total. The second-order valence-corrected chi connectivity index (χ2v) is 8.09. The van der Waals surface area contributed by atoms with Gasteiger partial charge in [0, 0.05) is 6.42 Å². The summed E-state index contributed by atoms with van der Waals surface area (Å²) in [5.74, 6) is -6.66. The zero-order valence-corrected chi connectivity index (χ0v) is 19.0. The number of carboxylic acid groups (broad SMARTS) is 3. The molecule has 33 heavy (non-hydrogen) atoms. The van der Waals surface area contributed by atoms with Crippen molar-refractivity contribution in [3.05, 3.63) is 0 Å². The normalized spacial score (nSPS) is 15.3. The molecule has 0 fully saturated rings. The smallest absolute Gasteiger partial charge is 0.326 e. The molecular weight excluding hydrogens is 464 g/mol. The summed E-state index contributed by atoms with van der Waals surface area (Å²) in [5, 5.41) is 43.0. The lowest BCUT2D eigenvalue weighted by Crippen LogP contribution is -2.60. The van der Waals surface area contributed by atoms with Crippen molar-refractivity contribution in [1.82, 2.24) is 16.0 Å². The molecule has 5 atom stereocenters. The zero-order chi connectivity index (χ0) is 25.7. The Labute approximate surface area is 193 Å². The van der Waals surface area contributed by atoms with Crippen LogP contribution in [0.2, 0.25) is 0 Å². The molecule has 0 aliphatic rings. The lowest BCUT2D eigenvalue weighted by Gasteiger charge is -2.26. The molecular formula is C18H30N4O10S. The summed E-state index contributed by atoms with van der Waals surface area (Å²) in [6, 6.07) is -5.84. The number of hydrogen-bond acceptors (Lipinski definition) is 9. The summed E-state index contributed by atoms with van der Waals surface area (Å²) < 4.78 is 0. The summed E-state index contributed by atoms with van der Waals surface area (Å²) in [5.41, 5.74) is 5.64. The minimum Gasteiger partial charge on any atom is -0.481 e. The molecule has 0 bridgehead atoms. The van der Waals surface area contributed by atoms with E-state index in [0.29, 0.717) is 5.75 Å². The van der Waals surface area contributed by atoms with Crippen molar-refractivity contribution in [3.63, 3.8) is 0 Å². The molecule has 5 unspecified atom stereocenters. The van der Waals surface area contributed by atoms with Crippen LogP contribution in [0, 0.1) is 0 Å². The van der Waals surface area contributed by atoms with Crippen LogP contribution >= 0.6 is 11.8 Å². The number of nitrogens with one attached hydrogen (secondary N) is 3. The highest BCUT2D eigenvalue weighted by Gasteiger charge is 2.33. The van der Waals surface area contributed by atoms with Gasteiger partial charge >= 0.3 is 17.9 Å². The van der Waals surface area contributed by atoms with E-state index in [1.165, 1.54) is 11.8 Å². The van der Waals surface area contributed by atoms with E-state index in [0.717, 1.165) is 6.92 Å². The second kappa shape index (κ2) is 15.0. The van der Waals surface area contributed by atoms with Crippen LogP contribution in [-0.4, -0.2) is 98.3 Å². The highest BCUT2D eigenvalue weighted by Crippen LogP contribution is 2.05. The molecule has 0 aliphatic carbocycles. The van der Waals surface area contributed by atoms with Gasteiger partial charge in [-0.1, -0.05) is 0 Å². The van der Waals surface area contributed by atoms with Crippen LogP contribution in [0.1, 0.15) is 32.6 Å². The van der Waals surface area contributed by atoms with Gasteiger partial charge in [-0.25, -0.2) is 4.79 Å². The molecule has 0 aromatic heterocycles. The van der Waals surface area contributed by atoms with Crippen molar-refractivity contribution in [1.29, 1.82) is 0 Å². The monoisotopic (exact) mass is 494 g/mol. The SMILES string of the molecule is CSCCC(NC(=O)C(N)CCC(=O)O)C(=O)NC(C(=O)NC(CC(=O)O)C(=O)O)C(C)O. The second-order valence-electron chi connectivity index (χ2n) is 7.11. The topological polar surface area (TPSA) is 245 Å². The molecule has 0 saturated heterocycles. The van der Waals surface area contributed by atoms with Gasteiger partial charge in [0.25, 0.3) is 0 Å². The first kappa shape index (κ1) is 30.1. The first-order valence-corrected chi connectivity index (χ1v) is 11.2. The van der Waals surface area contributed by atoms with E-state index in [1.54, 1.807) is 6.26 Å². The number of aliphatic carboxylic acids is 3. The van der Waals surface area contributed by atoms with Gasteiger partial charge in [-0.2, -0.15) is 11.8 Å². The molecule has 0 rings (SSSR count). The number of aliphatic hydroxyl groups excluding tert-OH is 1. The summed E-state index contributed by atoms with van der Waals surface area (Å²) >= 11 is 1.36. The van der Waals surface area contributed by atoms with Crippen LogP contribution in [0.15, 0.2) is 0 Å². The predicted octanol–water partition coefficient (Wildman–Crippen LogP) is -2.67. The van der Waals surface area contributed by atoms with Gasteiger partial charge in [0.15, 0.2) is 0 Å². The maximum Gasteiger partial charge on any atom is 0.326 e. The maximum atomic E-state index is 12.7. The predicted molar refractivity (Wildman–Crippen MR) is 115 cm³/mol. The Morgan fingerprint density at radius 1 is 0.848 bits per heavy atom. The van der Waals surface area contributed by atoms with Gasteiger partial charge in [-0.3, -0.25) is 24.0 Å². The van der Waals surface area contributed by atoms with Crippen LogP contribution in [0.25, 0.3) is 0 Å². The Balaban J connectivity index is 5.37. The van der Waals surface area contributed by atoms with E-state index in [4.69, 9.17) is 21.1 Å². The zero-order valence-electron chi connectivity index (χ0n) is 18.1. The number of carbonyl (C=O) groups excluding carboxylic acids is 3. The summed E-state index contributed by atoms with van der Waals surface area (Å²) in [7, 11) is 0. The molecule has 0 saturated carbocycles. The molecule has 188 valence electrons. The quantitative estimate of drug-likeness (QED) is 0.109. The highest BCUT2D eigenvalue weighted by molar-refractivity contribution is 7.98. The average molecular weight is 495 g/mol. The van der Waals surface area contributed by atoms with Gasteiger partial charge in [0.05, 0.1) is 18.6 Å². The molecule has 0 aliphatic heterocycles. The van der Waals surface area contributed by atoms with Crippen LogP contribution in [0.4, 0.5) is 0 Å². The molecule has 0 spiro atoms.